The fourth-order valence-corrected chi connectivity index (χ4v) is 2.62. The van der Waals surface area contributed by atoms with Gasteiger partial charge < -0.3 is 0 Å². The minimum absolute atomic E-state index is 0.398. The molecule has 0 saturated heterocycles. The van der Waals surface area contributed by atoms with Crippen molar-refractivity contribution in [2.45, 2.75) is 0 Å². The summed E-state index contributed by atoms with van der Waals surface area (Å²) in [5.74, 6) is 0. The molecular weight excluding hydrogens is 303 g/mol. The van der Waals surface area contributed by atoms with E-state index in [9.17, 15) is 0 Å². The summed E-state index contributed by atoms with van der Waals surface area (Å²) in [6.45, 7) is 0. The topological polar surface area (TPSA) is 25.8 Å². The predicted octanol–water partition coefficient (Wildman–Crippen LogP) is 5.26. The summed E-state index contributed by atoms with van der Waals surface area (Å²) in [7, 11) is 0. The van der Waals surface area contributed by atoms with Gasteiger partial charge in [0.1, 0.15) is 11.5 Å². The second-order valence-electron chi connectivity index (χ2n) is 3.99. The Hall–Kier alpha value is -1.35. The predicted molar refractivity (Wildman–Crippen MR) is 80.0 cm³/mol. The van der Waals surface area contributed by atoms with E-state index >= 15 is 0 Å². The van der Waals surface area contributed by atoms with Crippen molar-refractivity contribution in [1.82, 2.24) is 9.97 Å². The molecule has 0 aliphatic heterocycles. The molecule has 0 amide bonds. The molecule has 19 heavy (non-hydrogen) atoms. The molecule has 0 bridgehead atoms. The number of rotatable bonds is 1. The number of hydrogen-bond donors (Lipinski definition) is 0. The van der Waals surface area contributed by atoms with E-state index in [4.69, 9.17) is 34.8 Å². The summed E-state index contributed by atoms with van der Waals surface area (Å²) in [4.78, 5) is 8.12. The highest BCUT2D eigenvalue weighted by Gasteiger charge is 2.11. The molecule has 0 N–H and O–H groups in total. The number of hydrogen-bond acceptors (Lipinski definition) is 2. The van der Waals surface area contributed by atoms with Gasteiger partial charge in [-0.3, -0.25) is 0 Å². The molecule has 0 unspecified atom stereocenters. The zero-order chi connectivity index (χ0) is 13.4. The maximum atomic E-state index is 6.30. The molecule has 1 heterocycles. The Bertz CT molecular complexity index is 772. The average Bonchev–Trinajstić information content (AvgIpc) is 2.39. The van der Waals surface area contributed by atoms with Gasteiger partial charge in [0.25, 0.3) is 0 Å². The maximum absolute atomic E-state index is 6.30. The summed E-state index contributed by atoms with van der Waals surface area (Å²) >= 11 is 18.6. The molecule has 2 aromatic carbocycles. The van der Waals surface area contributed by atoms with Gasteiger partial charge in [0.2, 0.25) is 0 Å². The van der Waals surface area contributed by atoms with E-state index in [0.717, 1.165) is 16.5 Å². The first kappa shape index (κ1) is 12.7. The van der Waals surface area contributed by atoms with Crippen molar-refractivity contribution in [3.8, 4) is 11.1 Å². The molecule has 3 rings (SSSR count). The molecule has 2 nitrogen and oxygen atoms in total. The van der Waals surface area contributed by atoms with Gasteiger partial charge in [0, 0.05) is 21.5 Å². The third-order valence-electron chi connectivity index (χ3n) is 2.84. The average molecular weight is 310 g/mol. The van der Waals surface area contributed by atoms with Gasteiger partial charge in [-0.05, 0) is 18.2 Å². The number of aromatic nitrogens is 2. The van der Waals surface area contributed by atoms with Crippen molar-refractivity contribution in [1.29, 1.82) is 0 Å². The second-order valence-corrected chi connectivity index (χ2v) is 5.17. The number of benzene rings is 2. The fraction of sp³-hybridized carbons (Fsp3) is 0. The van der Waals surface area contributed by atoms with Crippen molar-refractivity contribution in [2.75, 3.05) is 0 Å². The Morgan fingerprint density at radius 3 is 2.37 bits per heavy atom. The Morgan fingerprint density at radius 2 is 1.58 bits per heavy atom. The minimum atomic E-state index is 0.398. The molecule has 1 aromatic heterocycles. The molecule has 5 heteroatoms. The van der Waals surface area contributed by atoms with E-state index in [2.05, 4.69) is 9.97 Å². The smallest absolute Gasteiger partial charge is 0.140 e. The van der Waals surface area contributed by atoms with Crippen LogP contribution in [0.25, 0.3) is 22.0 Å². The van der Waals surface area contributed by atoms with Gasteiger partial charge in [0.05, 0.1) is 10.5 Å². The van der Waals surface area contributed by atoms with Crippen LogP contribution in [0.4, 0.5) is 0 Å². The standard InChI is InChI=1S/C14H7Cl3N2/c15-11-4-2-1-3-8(11)9-5-10-13(6-12(9)16)18-7-19-14(10)17/h1-7H. The van der Waals surface area contributed by atoms with Crippen LogP contribution in [0, 0.1) is 0 Å². The zero-order valence-corrected chi connectivity index (χ0v) is 11.8. The lowest BCUT2D eigenvalue weighted by molar-refractivity contribution is 1.22. The Morgan fingerprint density at radius 1 is 0.789 bits per heavy atom. The van der Waals surface area contributed by atoms with Crippen LogP contribution in [0.2, 0.25) is 15.2 Å². The molecule has 0 aliphatic rings. The molecule has 0 radical (unpaired) electrons. The highest BCUT2D eigenvalue weighted by Crippen LogP contribution is 2.36. The largest absolute Gasteiger partial charge is 0.236 e. The summed E-state index contributed by atoms with van der Waals surface area (Å²) in [5, 5.41) is 2.37. The second kappa shape index (κ2) is 4.97. The van der Waals surface area contributed by atoms with Crippen molar-refractivity contribution < 1.29 is 0 Å². The lowest BCUT2D eigenvalue weighted by atomic mass is 10.0. The van der Waals surface area contributed by atoms with Gasteiger partial charge in [-0.2, -0.15) is 0 Å². The summed E-state index contributed by atoms with van der Waals surface area (Å²) in [6, 6.07) is 11.1. The maximum Gasteiger partial charge on any atom is 0.140 e. The Balaban J connectivity index is 2.33. The minimum Gasteiger partial charge on any atom is -0.236 e. The summed E-state index contributed by atoms with van der Waals surface area (Å²) in [6.07, 6.45) is 1.41. The molecular formula is C14H7Cl3N2. The van der Waals surface area contributed by atoms with Crippen LogP contribution in [0.1, 0.15) is 0 Å². The van der Waals surface area contributed by atoms with Crippen molar-refractivity contribution in [2.24, 2.45) is 0 Å². The molecule has 3 aromatic rings. The number of halogens is 3. The highest BCUT2D eigenvalue weighted by molar-refractivity contribution is 6.38. The third kappa shape index (κ3) is 2.27. The van der Waals surface area contributed by atoms with Gasteiger partial charge in [-0.1, -0.05) is 53.0 Å². The van der Waals surface area contributed by atoms with E-state index in [1.54, 1.807) is 6.07 Å². The van der Waals surface area contributed by atoms with Crippen LogP contribution in [0.15, 0.2) is 42.7 Å². The van der Waals surface area contributed by atoms with E-state index in [0.29, 0.717) is 20.7 Å². The SMILES string of the molecule is Clc1ccccc1-c1cc2c(Cl)ncnc2cc1Cl. The lowest BCUT2D eigenvalue weighted by Crippen LogP contribution is -1.87. The summed E-state index contributed by atoms with van der Waals surface area (Å²) in [5.41, 5.74) is 2.38. The fourth-order valence-electron chi connectivity index (χ4n) is 1.93. The Labute approximate surface area is 125 Å². The first-order chi connectivity index (χ1) is 9.16. The van der Waals surface area contributed by atoms with Crippen molar-refractivity contribution in [3.05, 3.63) is 57.9 Å². The van der Waals surface area contributed by atoms with E-state index in [1.165, 1.54) is 6.33 Å². The van der Waals surface area contributed by atoms with Gasteiger partial charge in [-0.25, -0.2) is 9.97 Å². The highest BCUT2D eigenvalue weighted by atomic mass is 35.5. The van der Waals surface area contributed by atoms with Gasteiger partial charge in [-0.15, -0.1) is 0 Å². The van der Waals surface area contributed by atoms with Crippen LogP contribution in [0.3, 0.4) is 0 Å². The molecule has 0 spiro atoms. The van der Waals surface area contributed by atoms with E-state index in [-0.39, 0.29) is 0 Å². The molecule has 0 atom stereocenters. The molecule has 0 fully saturated rings. The number of fused-ring (bicyclic) bond motifs is 1. The molecule has 0 aliphatic carbocycles. The van der Waals surface area contributed by atoms with Crippen molar-refractivity contribution in [3.63, 3.8) is 0 Å². The van der Waals surface area contributed by atoms with Gasteiger partial charge >= 0.3 is 0 Å². The van der Waals surface area contributed by atoms with Crippen molar-refractivity contribution >= 4 is 45.7 Å². The molecule has 94 valence electrons. The lowest BCUT2D eigenvalue weighted by Gasteiger charge is -2.08. The number of nitrogens with zero attached hydrogens (tertiary/aromatic N) is 2. The van der Waals surface area contributed by atoms with Crippen LogP contribution in [0.5, 0.6) is 0 Å². The van der Waals surface area contributed by atoms with E-state index < -0.39 is 0 Å². The first-order valence-electron chi connectivity index (χ1n) is 5.51. The Kier molecular flexibility index (Phi) is 3.31. The zero-order valence-electron chi connectivity index (χ0n) is 9.57. The quantitative estimate of drug-likeness (QED) is 0.573. The normalized spacial score (nSPS) is 10.9. The van der Waals surface area contributed by atoms with Crippen LogP contribution >= 0.6 is 34.8 Å². The first-order valence-corrected chi connectivity index (χ1v) is 6.65. The molecule has 0 saturated carbocycles. The summed E-state index contributed by atoms with van der Waals surface area (Å²) < 4.78 is 0. The van der Waals surface area contributed by atoms with Crippen LogP contribution < -0.4 is 0 Å². The monoisotopic (exact) mass is 308 g/mol. The van der Waals surface area contributed by atoms with E-state index in [1.807, 2.05) is 30.3 Å². The van der Waals surface area contributed by atoms with Crippen LogP contribution in [-0.2, 0) is 0 Å². The third-order valence-corrected chi connectivity index (χ3v) is 3.78. The van der Waals surface area contributed by atoms with Gasteiger partial charge in [0.15, 0.2) is 0 Å². The van der Waals surface area contributed by atoms with Crippen LogP contribution in [-0.4, -0.2) is 9.97 Å².